The molecule has 1 heterocycles. The summed E-state index contributed by atoms with van der Waals surface area (Å²) in [7, 11) is 1.83. The van der Waals surface area contributed by atoms with Crippen molar-refractivity contribution in [2.24, 2.45) is 0 Å². The molecular weight excluding hydrogens is 431 g/mol. The molecule has 7 heteroatoms. The van der Waals surface area contributed by atoms with E-state index in [1.807, 2.05) is 26.1 Å². The molecule has 0 spiro atoms. The minimum Gasteiger partial charge on any atom is -0.376 e. The molecule has 0 amide bonds. The van der Waals surface area contributed by atoms with Crippen molar-refractivity contribution in [2.45, 2.75) is 38.8 Å². The largest absolute Gasteiger partial charge is 0.376 e. The highest BCUT2D eigenvalue weighted by molar-refractivity contribution is 6.36. The van der Waals surface area contributed by atoms with E-state index in [9.17, 15) is 0 Å². The van der Waals surface area contributed by atoms with Crippen LogP contribution in [0, 0.1) is 0 Å². The van der Waals surface area contributed by atoms with Crippen LogP contribution in [0.25, 0.3) is 11.3 Å². The lowest BCUT2D eigenvalue weighted by atomic mass is 10.1. The van der Waals surface area contributed by atoms with Crippen molar-refractivity contribution >= 4 is 34.8 Å². The van der Waals surface area contributed by atoms with Crippen molar-refractivity contribution in [3.63, 3.8) is 0 Å². The number of rotatable bonds is 7. The Labute approximate surface area is 193 Å². The summed E-state index contributed by atoms with van der Waals surface area (Å²) in [6.45, 7) is 4.77. The number of fused-ring (bicyclic) bond motifs is 1. The Morgan fingerprint density at radius 1 is 1.06 bits per heavy atom. The zero-order valence-electron chi connectivity index (χ0n) is 17.9. The third kappa shape index (κ3) is 4.36. The summed E-state index contributed by atoms with van der Waals surface area (Å²) in [6.07, 6.45) is 1.66. The van der Waals surface area contributed by atoms with E-state index in [2.05, 4.69) is 41.8 Å². The lowest BCUT2D eigenvalue weighted by Crippen LogP contribution is -2.26. The number of ether oxygens (including phenoxy) is 1. The molecule has 4 rings (SSSR count). The molecule has 31 heavy (non-hydrogen) atoms. The third-order valence-electron chi connectivity index (χ3n) is 5.58. The first-order valence-electron chi connectivity index (χ1n) is 10.6. The molecule has 0 saturated heterocycles. The Hall–Kier alpha value is -2.34. The predicted molar refractivity (Wildman–Crippen MR) is 128 cm³/mol. The van der Waals surface area contributed by atoms with E-state index in [1.165, 1.54) is 11.1 Å². The number of nitrogens with zero attached hydrogens (tertiary/aromatic N) is 2. The van der Waals surface area contributed by atoms with Gasteiger partial charge in [-0.25, -0.2) is 9.97 Å². The standard InChI is InChI=1S/C24H26Cl2N4O/c1-4-19-23(29-21-16-9-7-6-8-14(16)12-20(21)31-5-2)30-24(27-3)22(28-19)17-11-10-15(25)13-18(17)26/h6-11,13,20-21H,4-5,12H2,1-3H3,(H2,27,29,30). The average Bonchev–Trinajstić information content (AvgIpc) is 3.11. The molecule has 2 unspecified atom stereocenters. The van der Waals surface area contributed by atoms with Crippen LogP contribution in [-0.4, -0.2) is 29.7 Å². The molecule has 1 aliphatic rings. The van der Waals surface area contributed by atoms with E-state index < -0.39 is 0 Å². The van der Waals surface area contributed by atoms with E-state index in [1.54, 1.807) is 6.07 Å². The van der Waals surface area contributed by atoms with E-state index in [-0.39, 0.29) is 12.1 Å². The van der Waals surface area contributed by atoms with E-state index in [4.69, 9.17) is 37.9 Å². The van der Waals surface area contributed by atoms with Crippen LogP contribution < -0.4 is 10.6 Å². The van der Waals surface area contributed by atoms with Crippen LogP contribution in [0.2, 0.25) is 10.0 Å². The number of hydrogen-bond donors (Lipinski definition) is 2. The second-order valence-electron chi connectivity index (χ2n) is 7.46. The van der Waals surface area contributed by atoms with Gasteiger partial charge in [0.05, 0.1) is 22.9 Å². The second-order valence-corrected chi connectivity index (χ2v) is 8.31. The maximum atomic E-state index is 6.46. The van der Waals surface area contributed by atoms with Gasteiger partial charge in [0.15, 0.2) is 11.6 Å². The number of nitrogens with one attached hydrogen (secondary N) is 2. The summed E-state index contributed by atoms with van der Waals surface area (Å²) in [6, 6.07) is 13.9. The molecule has 162 valence electrons. The summed E-state index contributed by atoms with van der Waals surface area (Å²) >= 11 is 12.5. The van der Waals surface area contributed by atoms with Gasteiger partial charge < -0.3 is 15.4 Å². The predicted octanol–water partition coefficient (Wildman–Crippen LogP) is 6.17. The van der Waals surface area contributed by atoms with Gasteiger partial charge in [0.25, 0.3) is 0 Å². The SMILES string of the molecule is CCOC1Cc2ccccc2C1Nc1nc(NC)c(-c2ccc(Cl)cc2Cl)nc1CC. The van der Waals surface area contributed by atoms with Crippen LogP contribution in [0.4, 0.5) is 11.6 Å². The molecule has 0 fully saturated rings. The van der Waals surface area contributed by atoms with E-state index in [0.29, 0.717) is 28.2 Å². The van der Waals surface area contributed by atoms with Crippen LogP contribution in [0.3, 0.4) is 0 Å². The molecule has 0 radical (unpaired) electrons. The monoisotopic (exact) mass is 456 g/mol. The Morgan fingerprint density at radius 2 is 1.87 bits per heavy atom. The van der Waals surface area contributed by atoms with Crippen LogP contribution in [0.15, 0.2) is 42.5 Å². The smallest absolute Gasteiger partial charge is 0.154 e. The zero-order valence-corrected chi connectivity index (χ0v) is 19.4. The summed E-state index contributed by atoms with van der Waals surface area (Å²) < 4.78 is 6.06. The number of aryl methyl sites for hydroxylation is 1. The number of halogens is 2. The zero-order chi connectivity index (χ0) is 22.0. The van der Waals surface area contributed by atoms with Gasteiger partial charge in [0.2, 0.25) is 0 Å². The summed E-state index contributed by atoms with van der Waals surface area (Å²) in [5.41, 5.74) is 4.94. The van der Waals surface area contributed by atoms with Gasteiger partial charge in [0.1, 0.15) is 5.69 Å². The van der Waals surface area contributed by atoms with Gasteiger partial charge in [0, 0.05) is 30.7 Å². The highest BCUT2D eigenvalue weighted by Crippen LogP contribution is 2.38. The third-order valence-corrected chi connectivity index (χ3v) is 6.13. The van der Waals surface area contributed by atoms with Gasteiger partial charge in [-0.15, -0.1) is 0 Å². The summed E-state index contributed by atoms with van der Waals surface area (Å²) in [4.78, 5) is 9.84. The normalized spacial score (nSPS) is 17.5. The van der Waals surface area contributed by atoms with Crippen LogP contribution >= 0.6 is 23.2 Å². The molecule has 2 aromatic carbocycles. The number of aromatic nitrogens is 2. The molecule has 0 aliphatic heterocycles. The van der Waals surface area contributed by atoms with Gasteiger partial charge >= 0.3 is 0 Å². The Bertz CT molecular complexity index is 1090. The molecule has 1 aliphatic carbocycles. The summed E-state index contributed by atoms with van der Waals surface area (Å²) in [5.74, 6) is 1.41. The summed E-state index contributed by atoms with van der Waals surface area (Å²) in [5, 5.41) is 7.94. The first kappa shape index (κ1) is 21.9. The van der Waals surface area contributed by atoms with Crippen LogP contribution in [0.5, 0.6) is 0 Å². The maximum Gasteiger partial charge on any atom is 0.154 e. The fourth-order valence-corrected chi connectivity index (χ4v) is 4.62. The molecule has 5 nitrogen and oxygen atoms in total. The molecule has 3 aromatic rings. The average molecular weight is 457 g/mol. The lowest BCUT2D eigenvalue weighted by Gasteiger charge is -2.24. The van der Waals surface area contributed by atoms with Gasteiger partial charge in [-0.3, -0.25) is 0 Å². The molecule has 0 saturated carbocycles. The topological polar surface area (TPSA) is 59.1 Å². The molecule has 2 atom stereocenters. The van der Waals surface area contributed by atoms with Gasteiger partial charge in [-0.05, 0) is 42.7 Å². The Morgan fingerprint density at radius 3 is 2.58 bits per heavy atom. The maximum absolute atomic E-state index is 6.46. The van der Waals surface area contributed by atoms with E-state index >= 15 is 0 Å². The van der Waals surface area contributed by atoms with Crippen LogP contribution in [-0.2, 0) is 17.6 Å². The van der Waals surface area contributed by atoms with Gasteiger partial charge in [-0.2, -0.15) is 0 Å². The molecule has 2 N–H and O–H groups in total. The van der Waals surface area contributed by atoms with Crippen molar-refractivity contribution in [3.8, 4) is 11.3 Å². The van der Waals surface area contributed by atoms with Crippen molar-refractivity contribution in [3.05, 3.63) is 69.3 Å². The first-order chi connectivity index (χ1) is 15.0. The first-order valence-corrected chi connectivity index (χ1v) is 11.3. The van der Waals surface area contributed by atoms with Crippen LogP contribution in [0.1, 0.15) is 36.7 Å². The second kappa shape index (κ2) is 9.43. The minimum absolute atomic E-state index is 0.0189. The van der Waals surface area contributed by atoms with Crippen molar-refractivity contribution in [2.75, 3.05) is 24.3 Å². The van der Waals surface area contributed by atoms with Crippen molar-refractivity contribution in [1.29, 1.82) is 0 Å². The van der Waals surface area contributed by atoms with Crippen molar-refractivity contribution in [1.82, 2.24) is 9.97 Å². The number of anilines is 2. The Kier molecular flexibility index (Phi) is 6.65. The lowest BCUT2D eigenvalue weighted by molar-refractivity contribution is 0.0573. The van der Waals surface area contributed by atoms with E-state index in [0.717, 1.165) is 29.9 Å². The molecule has 1 aromatic heterocycles. The minimum atomic E-state index is 0.0189. The van der Waals surface area contributed by atoms with Crippen molar-refractivity contribution < 1.29 is 4.74 Å². The number of hydrogen-bond acceptors (Lipinski definition) is 5. The number of benzene rings is 2. The van der Waals surface area contributed by atoms with Gasteiger partial charge in [-0.1, -0.05) is 54.4 Å². The highest BCUT2D eigenvalue weighted by Gasteiger charge is 2.33. The molecular formula is C24H26Cl2N4O. The fourth-order valence-electron chi connectivity index (χ4n) is 4.12. The fraction of sp³-hybridized carbons (Fsp3) is 0.333. The molecule has 0 bridgehead atoms. The quantitative estimate of drug-likeness (QED) is 0.445. The Balaban J connectivity index is 1.75. The highest BCUT2D eigenvalue weighted by atomic mass is 35.5.